The summed E-state index contributed by atoms with van der Waals surface area (Å²) in [5.74, 6) is 2.08. The van der Waals surface area contributed by atoms with Crippen LogP contribution in [-0.4, -0.2) is 57.9 Å². The molecule has 31 heavy (non-hydrogen) atoms. The van der Waals surface area contributed by atoms with E-state index < -0.39 is 0 Å². The molecule has 0 bridgehead atoms. The average Bonchev–Trinajstić information content (AvgIpc) is 3.01. The number of pyridine rings is 1. The lowest BCUT2D eigenvalue weighted by Gasteiger charge is -2.45. The van der Waals surface area contributed by atoms with Gasteiger partial charge in [-0.05, 0) is 63.5 Å². The molecule has 1 aliphatic heterocycles. The summed E-state index contributed by atoms with van der Waals surface area (Å²) >= 11 is 0. The zero-order valence-corrected chi connectivity index (χ0v) is 20.5. The molecule has 2 atom stereocenters. The molecule has 0 radical (unpaired) electrons. The van der Waals surface area contributed by atoms with E-state index in [1.54, 1.807) is 11.8 Å². The molecule has 7 nitrogen and oxygen atoms in total. The molecule has 0 saturated carbocycles. The Kier molecular flexibility index (Phi) is 6.94. The number of nitrogens with zero attached hydrogens (tertiary/aromatic N) is 4. The van der Waals surface area contributed by atoms with Crippen LogP contribution in [0.25, 0.3) is 11.0 Å². The van der Waals surface area contributed by atoms with Gasteiger partial charge < -0.3 is 10.1 Å². The summed E-state index contributed by atoms with van der Waals surface area (Å²) in [6, 6.07) is 0. The van der Waals surface area contributed by atoms with E-state index in [-0.39, 0.29) is 11.4 Å². The number of methoxy groups -OCH3 is 1. The second-order valence-corrected chi connectivity index (χ2v) is 10.1. The summed E-state index contributed by atoms with van der Waals surface area (Å²) in [6.45, 7) is 16.1. The van der Waals surface area contributed by atoms with Crippen molar-refractivity contribution in [3.8, 4) is 5.88 Å². The largest absolute Gasteiger partial charge is 0.479 e. The van der Waals surface area contributed by atoms with E-state index in [4.69, 9.17) is 9.72 Å². The van der Waals surface area contributed by atoms with Crippen LogP contribution in [0.15, 0.2) is 0 Å². The highest BCUT2D eigenvalue weighted by atomic mass is 16.5. The van der Waals surface area contributed by atoms with Crippen LogP contribution in [0.2, 0.25) is 0 Å². The van der Waals surface area contributed by atoms with E-state index in [1.807, 2.05) is 14.0 Å². The van der Waals surface area contributed by atoms with Crippen molar-refractivity contribution < 1.29 is 9.53 Å². The monoisotopic (exact) mass is 429 g/mol. The number of amides is 1. The number of piperidine rings is 1. The van der Waals surface area contributed by atoms with Crippen molar-refractivity contribution >= 4 is 16.9 Å². The number of carbonyl (C=O) groups excluding carboxylic acids is 1. The number of rotatable bonds is 7. The first kappa shape index (κ1) is 23.5. The van der Waals surface area contributed by atoms with E-state index in [1.165, 1.54) is 6.42 Å². The lowest BCUT2D eigenvalue weighted by Crippen LogP contribution is -2.56. The van der Waals surface area contributed by atoms with Gasteiger partial charge in [0.25, 0.3) is 0 Å². The standard InChI is InChI=1S/C24H39N5O2/c1-15-11-16(2)13-29(12-15)24(5,6)14-25-20(30)10-9-19-17(3)21-22(26-18(19)4)28(7)27-23(21)31-8/h15-16H,9-14H2,1-8H3,(H,25,30). The van der Waals surface area contributed by atoms with Crippen molar-refractivity contribution in [3.05, 3.63) is 16.8 Å². The van der Waals surface area contributed by atoms with Crippen molar-refractivity contribution in [2.75, 3.05) is 26.7 Å². The molecule has 7 heteroatoms. The third-order valence-corrected chi connectivity index (χ3v) is 6.76. The van der Waals surface area contributed by atoms with Crippen LogP contribution in [-0.2, 0) is 18.3 Å². The van der Waals surface area contributed by atoms with Gasteiger partial charge in [0.1, 0.15) is 0 Å². The summed E-state index contributed by atoms with van der Waals surface area (Å²) < 4.78 is 7.19. The Morgan fingerprint density at radius 1 is 1.23 bits per heavy atom. The number of nitrogens with one attached hydrogen (secondary N) is 1. The Labute approximate surface area is 186 Å². The molecule has 2 aromatic rings. The second kappa shape index (κ2) is 9.15. The lowest BCUT2D eigenvalue weighted by atomic mass is 9.88. The van der Waals surface area contributed by atoms with Crippen LogP contribution < -0.4 is 10.1 Å². The van der Waals surface area contributed by atoms with Gasteiger partial charge in [-0.3, -0.25) is 9.69 Å². The van der Waals surface area contributed by atoms with E-state index in [0.29, 0.717) is 37.1 Å². The number of hydrogen-bond acceptors (Lipinski definition) is 5. The maximum absolute atomic E-state index is 12.7. The molecule has 0 spiro atoms. The Morgan fingerprint density at radius 2 is 1.87 bits per heavy atom. The Bertz CT molecular complexity index is 939. The van der Waals surface area contributed by atoms with Crippen molar-refractivity contribution in [1.82, 2.24) is 25.0 Å². The molecule has 1 fully saturated rings. The molecule has 1 N–H and O–H groups in total. The van der Waals surface area contributed by atoms with Gasteiger partial charge in [-0.2, -0.15) is 0 Å². The smallest absolute Gasteiger partial charge is 0.242 e. The number of likely N-dealkylation sites (tertiary alicyclic amines) is 1. The first-order valence-electron chi connectivity index (χ1n) is 11.4. The topological polar surface area (TPSA) is 72.3 Å². The van der Waals surface area contributed by atoms with Crippen LogP contribution in [0.1, 0.15) is 57.4 Å². The average molecular weight is 430 g/mol. The van der Waals surface area contributed by atoms with Crippen LogP contribution in [0.4, 0.5) is 0 Å². The first-order chi connectivity index (χ1) is 14.5. The van der Waals surface area contributed by atoms with Gasteiger partial charge in [0.2, 0.25) is 11.8 Å². The Hall–Kier alpha value is -2.15. The van der Waals surface area contributed by atoms with E-state index in [0.717, 1.165) is 40.9 Å². The number of hydrogen-bond donors (Lipinski definition) is 1. The minimum Gasteiger partial charge on any atom is -0.479 e. The van der Waals surface area contributed by atoms with Crippen molar-refractivity contribution in [2.45, 2.75) is 66.3 Å². The zero-order valence-electron chi connectivity index (χ0n) is 20.5. The first-order valence-corrected chi connectivity index (χ1v) is 11.4. The fourth-order valence-corrected chi connectivity index (χ4v) is 5.02. The molecule has 0 aromatic carbocycles. The maximum atomic E-state index is 12.7. The SMILES string of the molecule is COc1nn(C)c2nc(C)c(CCC(=O)NCC(C)(C)N3CC(C)CC(C)C3)c(C)c12. The molecular weight excluding hydrogens is 390 g/mol. The molecule has 172 valence electrons. The van der Waals surface area contributed by atoms with E-state index >= 15 is 0 Å². The van der Waals surface area contributed by atoms with Crippen molar-refractivity contribution in [3.63, 3.8) is 0 Å². The van der Waals surface area contributed by atoms with Crippen molar-refractivity contribution in [1.29, 1.82) is 0 Å². The summed E-state index contributed by atoms with van der Waals surface area (Å²) in [7, 11) is 3.50. The molecular formula is C24H39N5O2. The fraction of sp³-hybridized carbons (Fsp3) is 0.708. The molecule has 1 aliphatic rings. The van der Waals surface area contributed by atoms with Crippen LogP contribution in [0, 0.1) is 25.7 Å². The minimum atomic E-state index is -0.0476. The third-order valence-electron chi connectivity index (χ3n) is 6.76. The third kappa shape index (κ3) is 5.03. The maximum Gasteiger partial charge on any atom is 0.242 e. The molecule has 1 amide bonds. The van der Waals surface area contributed by atoms with Crippen LogP contribution in [0.5, 0.6) is 5.88 Å². The predicted octanol–water partition coefficient (Wildman–Crippen LogP) is 3.40. The summed E-state index contributed by atoms with van der Waals surface area (Å²) in [5, 5.41) is 8.52. The van der Waals surface area contributed by atoms with Crippen LogP contribution in [0.3, 0.4) is 0 Å². The van der Waals surface area contributed by atoms with E-state index in [2.05, 4.69) is 49.9 Å². The molecule has 0 aliphatic carbocycles. The van der Waals surface area contributed by atoms with Gasteiger partial charge in [-0.25, -0.2) is 9.67 Å². The highest BCUT2D eigenvalue weighted by Gasteiger charge is 2.32. The number of fused-ring (bicyclic) bond motifs is 1. The molecule has 1 saturated heterocycles. The quantitative estimate of drug-likeness (QED) is 0.730. The van der Waals surface area contributed by atoms with E-state index in [9.17, 15) is 4.79 Å². The van der Waals surface area contributed by atoms with Gasteiger partial charge in [0.05, 0.1) is 12.5 Å². The summed E-state index contributed by atoms with van der Waals surface area (Å²) in [5.41, 5.74) is 3.91. The minimum absolute atomic E-state index is 0.0476. The number of carbonyl (C=O) groups is 1. The Balaban J connectivity index is 1.64. The highest BCUT2D eigenvalue weighted by Crippen LogP contribution is 2.30. The van der Waals surface area contributed by atoms with Gasteiger partial charge in [0, 0.05) is 44.3 Å². The number of aryl methyl sites for hydroxylation is 3. The highest BCUT2D eigenvalue weighted by molar-refractivity contribution is 5.86. The van der Waals surface area contributed by atoms with Gasteiger partial charge in [-0.15, -0.1) is 5.10 Å². The normalized spacial score (nSPS) is 20.3. The molecule has 3 rings (SSSR count). The number of ether oxygens (including phenoxy) is 1. The molecule has 2 aromatic heterocycles. The molecule has 2 unspecified atom stereocenters. The summed E-state index contributed by atoms with van der Waals surface area (Å²) in [6.07, 6.45) is 2.39. The van der Waals surface area contributed by atoms with Gasteiger partial charge >= 0.3 is 0 Å². The number of aromatic nitrogens is 3. The fourth-order valence-electron chi connectivity index (χ4n) is 5.02. The second-order valence-electron chi connectivity index (χ2n) is 10.1. The lowest BCUT2D eigenvalue weighted by molar-refractivity contribution is -0.121. The Morgan fingerprint density at radius 3 is 2.48 bits per heavy atom. The van der Waals surface area contributed by atoms with Gasteiger partial charge in [-0.1, -0.05) is 13.8 Å². The van der Waals surface area contributed by atoms with Crippen molar-refractivity contribution in [2.24, 2.45) is 18.9 Å². The van der Waals surface area contributed by atoms with Crippen LogP contribution >= 0.6 is 0 Å². The molecule has 3 heterocycles. The summed E-state index contributed by atoms with van der Waals surface area (Å²) in [4.78, 5) is 20.0. The predicted molar refractivity (Wildman–Crippen MR) is 124 cm³/mol. The van der Waals surface area contributed by atoms with Gasteiger partial charge in [0.15, 0.2) is 5.65 Å². The zero-order chi connectivity index (χ0) is 22.9.